The van der Waals surface area contributed by atoms with Gasteiger partial charge in [0.1, 0.15) is 5.82 Å². The zero-order valence-electron chi connectivity index (χ0n) is 15.3. The number of nitrogens with zero attached hydrogens (tertiary/aromatic N) is 3. The number of piperidine rings is 1. The first-order valence-corrected chi connectivity index (χ1v) is 9.64. The number of amides is 2. The Morgan fingerprint density at radius 1 is 0.808 bits per heavy atom. The van der Waals surface area contributed by atoms with Gasteiger partial charge in [-0.2, -0.15) is 0 Å². The first-order valence-electron chi connectivity index (χ1n) is 9.64. The van der Waals surface area contributed by atoms with Gasteiger partial charge >= 0.3 is 0 Å². The van der Waals surface area contributed by atoms with Crippen LogP contribution >= 0.6 is 0 Å². The summed E-state index contributed by atoms with van der Waals surface area (Å²) in [7, 11) is 0. The van der Waals surface area contributed by atoms with Gasteiger partial charge in [-0.05, 0) is 37.0 Å². The second-order valence-corrected chi connectivity index (χ2v) is 7.22. The van der Waals surface area contributed by atoms with Crippen LogP contribution in [0.3, 0.4) is 0 Å². The maximum absolute atomic E-state index is 12.9. The van der Waals surface area contributed by atoms with Crippen LogP contribution in [0.4, 0.5) is 4.39 Å². The molecule has 142 valence electrons. The van der Waals surface area contributed by atoms with Crippen LogP contribution in [0.25, 0.3) is 0 Å². The summed E-state index contributed by atoms with van der Waals surface area (Å²) >= 11 is 0. The van der Waals surface area contributed by atoms with E-state index in [4.69, 9.17) is 0 Å². The summed E-state index contributed by atoms with van der Waals surface area (Å²) in [6, 6.07) is 6.10. The van der Waals surface area contributed by atoms with Gasteiger partial charge in [0.2, 0.25) is 11.8 Å². The smallest absolute Gasteiger partial charge is 0.227 e. The van der Waals surface area contributed by atoms with Crippen molar-refractivity contribution in [3.05, 3.63) is 35.6 Å². The Bertz CT molecular complexity index is 606. The molecule has 2 saturated heterocycles. The lowest BCUT2D eigenvalue weighted by Crippen LogP contribution is -2.50. The summed E-state index contributed by atoms with van der Waals surface area (Å²) in [6.45, 7) is 5.59. The van der Waals surface area contributed by atoms with Gasteiger partial charge in [-0.25, -0.2) is 4.39 Å². The van der Waals surface area contributed by atoms with Crippen LogP contribution in [0, 0.1) is 5.82 Å². The highest BCUT2D eigenvalue weighted by molar-refractivity contribution is 5.79. The normalized spacial score (nSPS) is 18.8. The van der Waals surface area contributed by atoms with Gasteiger partial charge in [-0.15, -0.1) is 0 Å². The van der Waals surface area contributed by atoms with Crippen LogP contribution in [0.5, 0.6) is 0 Å². The first-order chi connectivity index (χ1) is 12.6. The van der Waals surface area contributed by atoms with E-state index in [1.165, 1.54) is 18.6 Å². The quantitative estimate of drug-likeness (QED) is 0.805. The van der Waals surface area contributed by atoms with Gasteiger partial charge in [-0.3, -0.25) is 14.5 Å². The molecule has 2 heterocycles. The largest absolute Gasteiger partial charge is 0.343 e. The lowest BCUT2D eigenvalue weighted by molar-refractivity contribution is -0.134. The molecule has 0 aliphatic carbocycles. The SMILES string of the molecule is O=C(CCN1CCN(C(=O)Cc2ccc(F)cc2)CC1)N1CCCCC1. The second-order valence-electron chi connectivity index (χ2n) is 7.22. The van der Waals surface area contributed by atoms with Crippen LogP contribution in [0.2, 0.25) is 0 Å². The molecule has 3 rings (SSSR count). The number of carbonyl (C=O) groups is 2. The molecule has 1 aromatic rings. The summed E-state index contributed by atoms with van der Waals surface area (Å²) in [5.41, 5.74) is 0.839. The Morgan fingerprint density at radius 2 is 1.42 bits per heavy atom. The Labute approximate surface area is 154 Å². The molecule has 5 nitrogen and oxygen atoms in total. The van der Waals surface area contributed by atoms with Gasteiger partial charge in [0.25, 0.3) is 0 Å². The number of likely N-dealkylation sites (tertiary alicyclic amines) is 1. The fourth-order valence-corrected chi connectivity index (χ4v) is 3.66. The standard InChI is InChI=1S/C20H28FN3O2/c21-18-6-4-17(5-7-18)16-20(26)24-14-12-22(13-15-24)11-8-19(25)23-9-2-1-3-10-23/h4-7H,1-3,8-16H2. The predicted molar refractivity (Wildman–Crippen MR) is 98.2 cm³/mol. The molecule has 0 bridgehead atoms. The minimum atomic E-state index is -0.283. The van der Waals surface area contributed by atoms with Crippen molar-refractivity contribution in [1.82, 2.24) is 14.7 Å². The maximum atomic E-state index is 12.9. The zero-order chi connectivity index (χ0) is 18.4. The number of hydrogen-bond donors (Lipinski definition) is 0. The highest BCUT2D eigenvalue weighted by Crippen LogP contribution is 2.12. The van der Waals surface area contributed by atoms with Crippen LogP contribution in [-0.4, -0.2) is 72.3 Å². The predicted octanol–water partition coefficient (Wildman–Crippen LogP) is 1.91. The van der Waals surface area contributed by atoms with E-state index in [-0.39, 0.29) is 17.6 Å². The molecular formula is C20H28FN3O2. The monoisotopic (exact) mass is 361 g/mol. The van der Waals surface area contributed by atoms with E-state index in [9.17, 15) is 14.0 Å². The topological polar surface area (TPSA) is 43.9 Å². The van der Waals surface area contributed by atoms with Crippen molar-refractivity contribution in [3.63, 3.8) is 0 Å². The number of hydrogen-bond acceptors (Lipinski definition) is 3. The van der Waals surface area contributed by atoms with E-state index in [2.05, 4.69) is 4.90 Å². The van der Waals surface area contributed by atoms with E-state index < -0.39 is 0 Å². The van der Waals surface area contributed by atoms with Crippen LogP contribution in [0.1, 0.15) is 31.2 Å². The van der Waals surface area contributed by atoms with Crippen molar-refractivity contribution in [2.45, 2.75) is 32.1 Å². The fourth-order valence-electron chi connectivity index (χ4n) is 3.66. The summed E-state index contributed by atoms with van der Waals surface area (Å²) in [4.78, 5) is 30.8. The Morgan fingerprint density at radius 3 is 2.08 bits per heavy atom. The number of rotatable bonds is 5. The molecule has 2 amide bonds. The molecule has 2 aliphatic heterocycles. The highest BCUT2D eigenvalue weighted by atomic mass is 19.1. The third-order valence-electron chi connectivity index (χ3n) is 5.34. The molecule has 0 N–H and O–H groups in total. The minimum absolute atomic E-state index is 0.0839. The Balaban J connectivity index is 1.37. The Hall–Kier alpha value is -1.95. The second kappa shape index (κ2) is 9.12. The molecule has 0 unspecified atom stereocenters. The molecule has 6 heteroatoms. The van der Waals surface area contributed by atoms with Crippen LogP contribution in [0.15, 0.2) is 24.3 Å². The van der Waals surface area contributed by atoms with E-state index >= 15 is 0 Å². The van der Waals surface area contributed by atoms with Crippen molar-refractivity contribution in [1.29, 1.82) is 0 Å². The average Bonchev–Trinajstić information content (AvgIpc) is 2.69. The van der Waals surface area contributed by atoms with Gasteiger partial charge in [0, 0.05) is 52.2 Å². The number of benzene rings is 1. The summed E-state index contributed by atoms with van der Waals surface area (Å²) < 4.78 is 12.9. The maximum Gasteiger partial charge on any atom is 0.227 e. The molecule has 2 aliphatic rings. The van der Waals surface area contributed by atoms with Crippen molar-refractivity contribution in [2.24, 2.45) is 0 Å². The van der Waals surface area contributed by atoms with Crippen molar-refractivity contribution >= 4 is 11.8 Å². The average molecular weight is 361 g/mol. The van der Waals surface area contributed by atoms with Gasteiger partial charge in [0.15, 0.2) is 0 Å². The molecule has 0 aromatic heterocycles. The van der Waals surface area contributed by atoms with E-state index in [1.54, 1.807) is 12.1 Å². The Kier molecular flexibility index (Phi) is 6.61. The molecule has 1 aromatic carbocycles. The van der Waals surface area contributed by atoms with Gasteiger partial charge in [-0.1, -0.05) is 12.1 Å². The van der Waals surface area contributed by atoms with Gasteiger partial charge < -0.3 is 9.80 Å². The summed E-state index contributed by atoms with van der Waals surface area (Å²) in [6.07, 6.45) is 4.37. The number of piperazine rings is 1. The molecule has 0 saturated carbocycles. The summed E-state index contributed by atoms with van der Waals surface area (Å²) in [5, 5.41) is 0. The molecule has 0 spiro atoms. The molecule has 26 heavy (non-hydrogen) atoms. The fraction of sp³-hybridized carbons (Fsp3) is 0.600. The van der Waals surface area contributed by atoms with Crippen molar-refractivity contribution in [2.75, 3.05) is 45.8 Å². The molecule has 0 atom stereocenters. The molecular weight excluding hydrogens is 333 g/mol. The van der Waals surface area contributed by atoms with E-state index in [1.807, 2.05) is 9.80 Å². The minimum Gasteiger partial charge on any atom is -0.343 e. The zero-order valence-corrected chi connectivity index (χ0v) is 15.3. The van der Waals surface area contributed by atoms with Crippen LogP contribution in [-0.2, 0) is 16.0 Å². The van der Waals surface area contributed by atoms with Gasteiger partial charge in [0.05, 0.1) is 6.42 Å². The van der Waals surface area contributed by atoms with Crippen molar-refractivity contribution in [3.8, 4) is 0 Å². The third-order valence-corrected chi connectivity index (χ3v) is 5.34. The number of carbonyl (C=O) groups excluding carboxylic acids is 2. The third kappa shape index (κ3) is 5.27. The van der Waals surface area contributed by atoms with E-state index in [0.29, 0.717) is 25.9 Å². The summed E-state index contributed by atoms with van der Waals surface area (Å²) in [5.74, 6) is 0.0640. The lowest BCUT2D eigenvalue weighted by Gasteiger charge is -2.35. The van der Waals surface area contributed by atoms with E-state index in [0.717, 1.165) is 51.1 Å². The lowest BCUT2D eigenvalue weighted by atomic mass is 10.1. The molecule has 0 radical (unpaired) electrons. The van der Waals surface area contributed by atoms with Crippen molar-refractivity contribution < 1.29 is 14.0 Å². The number of halogens is 1. The molecule has 2 fully saturated rings. The van der Waals surface area contributed by atoms with Crippen LogP contribution < -0.4 is 0 Å². The first kappa shape index (κ1) is 18.8. The highest BCUT2D eigenvalue weighted by Gasteiger charge is 2.22.